The second-order valence-corrected chi connectivity index (χ2v) is 8.55. The van der Waals surface area contributed by atoms with E-state index < -0.39 is 0 Å². The summed E-state index contributed by atoms with van der Waals surface area (Å²) in [7, 11) is 0. The highest BCUT2D eigenvalue weighted by molar-refractivity contribution is 7.09. The summed E-state index contributed by atoms with van der Waals surface area (Å²) in [5, 5.41) is 6.30. The lowest BCUT2D eigenvalue weighted by molar-refractivity contribution is -0.115. The highest BCUT2D eigenvalue weighted by Gasteiger charge is 2.13. The average Bonchev–Trinajstić information content (AvgIpc) is 3.21. The number of carbonyl (C=O) groups excluding carboxylic acids is 1. The van der Waals surface area contributed by atoms with Crippen molar-refractivity contribution in [1.29, 1.82) is 0 Å². The Morgan fingerprint density at radius 3 is 2.69 bits per heavy atom. The van der Waals surface area contributed by atoms with Crippen LogP contribution in [0.4, 0.5) is 5.69 Å². The van der Waals surface area contributed by atoms with Gasteiger partial charge in [0.1, 0.15) is 10.8 Å². The number of aromatic nitrogens is 3. The van der Waals surface area contributed by atoms with E-state index in [1.54, 1.807) is 6.07 Å². The van der Waals surface area contributed by atoms with E-state index in [1.807, 2.05) is 54.8 Å². The van der Waals surface area contributed by atoms with Crippen LogP contribution < -0.4 is 10.9 Å². The molecule has 0 radical (unpaired) electrons. The maximum absolute atomic E-state index is 12.4. The number of thiazole rings is 1. The fraction of sp³-hybridized carbons (Fsp3) is 0.250. The molecule has 2 aromatic heterocycles. The van der Waals surface area contributed by atoms with Gasteiger partial charge >= 0.3 is 0 Å². The maximum Gasteiger partial charge on any atom is 0.258 e. The van der Waals surface area contributed by atoms with Crippen molar-refractivity contribution < 1.29 is 4.79 Å². The van der Waals surface area contributed by atoms with Crippen molar-refractivity contribution in [3.8, 4) is 0 Å². The van der Waals surface area contributed by atoms with Crippen LogP contribution in [0.2, 0.25) is 0 Å². The summed E-state index contributed by atoms with van der Waals surface area (Å²) in [6.07, 6.45) is 0.241. The van der Waals surface area contributed by atoms with E-state index in [-0.39, 0.29) is 17.9 Å². The number of hydrogen-bond acceptors (Lipinski definition) is 6. The smallest absolute Gasteiger partial charge is 0.258 e. The third kappa shape index (κ3) is 5.27. The fourth-order valence-corrected chi connectivity index (χ4v) is 4.26. The molecule has 8 heteroatoms. The first kappa shape index (κ1) is 21.9. The first-order valence-corrected chi connectivity index (χ1v) is 11.4. The Morgan fingerprint density at radius 2 is 1.88 bits per heavy atom. The van der Waals surface area contributed by atoms with E-state index in [4.69, 9.17) is 0 Å². The molecule has 0 saturated heterocycles. The van der Waals surface area contributed by atoms with Crippen LogP contribution in [-0.4, -0.2) is 32.3 Å². The summed E-state index contributed by atoms with van der Waals surface area (Å²) in [5.74, 6) is 0.550. The number of H-pyrrole nitrogens is 1. The van der Waals surface area contributed by atoms with Crippen molar-refractivity contribution in [2.75, 3.05) is 11.9 Å². The molecular formula is C24H25N5O2S. The number of anilines is 1. The molecule has 1 amide bonds. The number of aryl methyl sites for hydroxylation is 1. The van der Waals surface area contributed by atoms with Crippen molar-refractivity contribution in [3.05, 3.63) is 86.4 Å². The van der Waals surface area contributed by atoms with Crippen LogP contribution in [0.3, 0.4) is 0 Å². The topological polar surface area (TPSA) is 91.0 Å². The number of nitrogens with zero attached hydrogens (tertiary/aromatic N) is 3. The Labute approximate surface area is 190 Å². The summed E-state index contributed by atoms with van der Waals surface area (Å²) < 4.78 is 0. The minimum Gasteiger partial charge on any atom is -0.325 e. The van der Waals surface area contributed by atoms with Gasteiger partial charge < -0.3 is 10.3 Å². The van der Waals surface area contributed by atoms with Crippen molar-refractivity contribution in [1.82, 2.24) is 19.9 Å². The maximum atomic E-state index is 12.4. The van der Waals surface area contributed by atoms with Crippen molar-refractivity contribution in [2.45, 2.75) is 33.4 Å². The Balaban J connectivity index is 1.39. The van der Waals surface area contributed by atoms with Gasteiger partial charge in [-0.25, -0.2) is 9.97 Å². The zero-order valence-electron chi connectivity index (χ0n) is 18.1. The molecule has 4 aromatic rings. The number of carbonyl (C=O) groups is 1. The first-order valence-electron chi connectivity index (χ1n) is 10.5. The highest BCUT2D eigenvalue weighted by Crippen LogP contribution is 2.17. The molecule has 2 aromatic carbocycles. The monoisotopic (exact) mass is 447 g/mol. The molecule has 4 rings (SSSR count). The molecule has 164 valence electrons. The van der Waals surface area contributed by atoms with E-state index in [0.717, 1.165) is 28.5 Å². The number of para-hydroxylation sites is 2. The molecule has 0 saturated carbocycles. The minimum atomic E-state index is -0.128. The van der Waals surface area contributed by atoms with Crippen molar-refractivity contribution >= 4 is 33.8 Å². The summed E-state index contributed by atoms with van der Waals surface area (Å²) in [5.41, 5.74) is 3.32. The second-order valence-electron chi connectivity index (χ2n) is 7.61. The SMILES string of the molecule is CCN(Cc1csc(CC(=O)Nc2ccccc2C)n1)Cc1nc2ccccc2c(=O)[nH]1. The molecule has 0 atom stereocenters. The van der Waals surface area contributed by atoms with Gasteiger partial charge in [0, 0.05) is 17.6 Å². The number of amides is 1. The fourth-order valence-electron chi connectivity index (χ4n) is 3.48. The van der Waals surface area contributed by atoms with Gasteiger partial charge in [-0.2, -0.15) is 0 Å². The normalized spacial score (nSPS) is 11.2. The Hall–Kier alpha value is -3.36. The zero-order chi connectivity index (χ0) is 22.5. The zero-order valence-corrected chi connectivity index (χ0v) is 18.9. The Kier molecular flexibility index (Phi) is 6.72. The van der Waals surface area contributed by atoms with E-state index in [1.165, 1.54) is 11.3 Å². The molecule has 0 aliphatic rings. The van der Waals surface area contributed by atoms with Crippen LogP contribution in [0, 0.1) is 6.92 Å². The van der Waals surface area contributed by atoms with Gasteiger partial charge in [0.15, 0.2) is 0 Å². The summed E-state index contributed by atoms with van der Waals surface area (Å²) >= 11 is 1.48. The van der Waals surface area contributed by atoms with Crippen LogP contribution in [0.15, 0.2) is 58.7 Å². The predicted molar refractivity (Wildman–Crippen MR) is 128 cm³/mol. The number of fused-ring (bicyclic) bond motifs is 1. The molecule has 2 heterocycles. The van der Waals surface area contributed by atoms with Crippen LogP contribution in [0.5, 0.6) is 0 Å². The average molecular weight is 448 g/mol. The Morgan fingerprint density at radius 1 is 1.09 bits per heavy atom. The lowest BCUT2D eigenvalue weighted by Crippen LogP contribution is -2.25. The van der Waals surface area contributed by atoms with Gasteiger partial charge in [0.25, 0.3) is 5.56 Å². The third-order valence-corrected chi connectivity index (χ3v) is 6.10. The molecule has 0 aliphatic heterocycles. The van der Waals surface area contributed by atoms with Crippen LogP contribution in [0.1, 0.15) is 29.0 Å². The predicted octanol–water partition coefficient (Wildman–Crippen LogP) is 3.89. The Bertz CT molecular complexity index is 1300. The van der Waals surface area contributed by atoms with Crippen LogP contribution >= 0.6 is 11.3 Å². The molecule has 0 unspecified atom stereocenters. The number of nitrogens with one attached hydrogen (secondary N) is 2. The number of hydrogen-bond donors (Lipinski definition) is 2. The van der Waals surface area contributed by atoms with Crippen LogP contribution in [0.25, 0.3) is 10.9 Å². The van der Waals surface area contributed by atoms with Gasteiger partial charge in [0.2, 0.25) is 5.91 Å². The highest BCUT2D eigenvalue weighted by atomic mass is 32.1. The molecule has 0 bridgehead atoms. The molecule has 0 aliphatic carbocycles. The lowest BCUT2D eigenvalue weighted by atomic mass is 10.2. The second kappa shape index (κ2) is 9.84. The molecule has 2 N–H and O–H groups in total. The van der Waals surface area contributed by atoms with E-state index >= 15 is 0 Å². The lowest BCUT2D eigenvalue weighted by Gasteiger charge is -2.18. The third-order valence-electron chi connectivity index (χ3n) is 5.20. The van der Waals surface area contributed by atoms with Crippen molar-refractivity contribution in [2.24, 2.45) is 0 Å². The van der Waals surface area contributed by atoms with Gasteiger partial charge in [0.05, 0.1) is 29.6 Å². The molecule has 0 spiro atoms. The van der Waals surface area contributed by atoms with E-state index in [0.29, 0.717) is 29.8 Å². The largest absolute Gasteiger partial charge is 0.325 e. The van der Waals surface area contributed by atoms with Gasteiger partial charge in [-0.3, -0.25) is 14.5 Å². The summed E-state index contributed by atoms with van der Waals surface area (Å²) in [6.45, 7) is 5.92. The number of aromatic amines is 1. The molecule has 7 nitrogen and oxygen atoms in total. The molecular weight excluding hydrogens is 422 g/mol. The quantitative estimate of drug-likeness (QED) is 0.428. The molecule has 0 fully saturated rings. The number of rotatable bonds is 8. The van der Waals surface area contributed by atoms with Gasteiger partial charge in [-0.05, 0) is 37.2 Å². The minimum absolute atomic E-state index is 0.0783. The molecule has 32 heavy (non-hydrogen) atoms. The standard InChI is InChI=1S/C24H25N5O2S/c1-3-29(14-21-26-20-11-7-5-9-18(20)24(31)28-21)13-17-15-32-23(25-17)12-22(30)27-19-10-6-4-8-16(19)2/h4-11,15H,3,12-14H2,1-2H3,(H,27,30)(H,26,28,31). The summed E-state index contributed by atoms with van der Waals surface area (Å²) in [6, 6.07) is 15.0. The van der Waals surface area contributed by atoms with Gasteiger partial charge in [-0.1, -0.05) is 37.3 Å². The van der Waals surface area contributed by atoms with E-state index in [2.05, 4.69) is 32.1 Å². The van der Waals surface area contributed by atoms with Crippen molar-refractivity contribution in [3.63, 3.8) is 0 Å². The first-order chi connectivity index (χ1) is 15.5. The number of benzene rings is 2. The van der Waals surface area contributed by atoms with Crippen LogP contribution in [-0.2, 0) is 24.3 Å². The van der Waals surface area contributed by atoms with E-state index in [9.17, 15) is 9.59 Å². The summed E-state index contributed by atoms with van der Waals surface area (Å²) in [4.78, 5) is 39.0. The van der Waals surface area contributed by atoms with Gasteiger partial charge in [-0.15, -0.1) is 11.3 Å².